The van der Waals surface area contributed by atoms with E-state index < -0.39 is 0 Å². The van der Waals surface area contributed by atoms with Gasteiger partial charge < -0.3 is 4.57 Å². The number of hydrogen-bond acceptors (Lipinski definition) is 4. The van der Waals surface area contributed by atoms with Crippen molar-refractivity contribution in [3.63, 3.8) is 0 Å². The van der Waals surface area contributed by atoms with Gasteiger partial charge in [0.15, 0.2) is 4.80 Å². The van der Waals surface area contributed by atoms with Crippen molar-refractivity contribution in [3.05, 3.63) is 94.1 Å². The van der Waals surface area contributed by atoms with Gasteiger partial charge in [0.2, 0.25) is 0 Å². The Morgan fingerprint density at radius 2 is 1.89 bits per heavy atom. The van der Waals surface area contributed by atoms with E-state index in [1.54, 1.807) is 23.7 Å². The Balaban J connectivity index is 1.75. The molecule has 0 amide bonds. The molecule has 1 aromatic carbocycles. The first-order valence-electron chi connectivity index (χ1n) is 8.58. The van der Waals surface area contributed by atoms with Gasteiger partial charge in [0.1, 0.15) is 0 Å². The van der Waals surface area contributed by atoms with E-state index in [0.29, 0.717) is 0 Å². The zero-order valence-electron chi connectivity index (χ0n) is 14.5. The molecule has 0 fully saturated rings. The number of thiazole rings is 1. The SMILES string of the molecule is Clc1ccc(-c2csc(=Nc3cccnc3)n2CCc2ccccn2)cc1. The Morgan fingerprint density at radius 3 is 2.63 bits per heavy atom. The third-order valence-corrected chi connectivity index (χ3v) is 5.24. The summed E-state index contributed by atoms with van der Waals surface area (Å²) in [7, 11) is 0. The molecule has 0 atom stereocenters. The van der Waals surface area contributed by atoms with Crippen LogP contribution in [0.3, 0.4) is 0 Å². The molecule has 3 aromatic heterocycles. The molecule has 4 rings (SSSR count). The number of benzene rings is 1. The lowest BCUT2D eigenvalue weighted by atomic mass is 10.1. The van der Waals surface area contributed by atoms with Crippen LogP contribution in [-0.4, -0.2) is 14.5 Å². The summed E-state index contributed by atoms with van der Waals surface area (Å²) in [5.74, 6) is 0. The van der Waals surface area contributed by atoms with Crippen molar-refractivity contribution in [2.24, 2.45) is 4.99 Å². The summed E-state index contributed by atoms with van der Waals surface area (Å²) >= 11 is 7.68. The van der Waals surface area contributed by atoms with E-state index in [4.69, 9.17) is 16.6 Å². The molecule has 27 heavy (non-hydrogen) atoms. The molecule has 134 valence electrons. The molecule has 0 aliphatic rings. The molecule has 0 radical (unpaired) electrons. The number of nitrogens with zero attached hydrogens (tertiary/aromatic N) is 4. The van der Waals surface area contributed by atoms with Crippen molar-refractivity contribution in [3.8, 4) is 11.3 Å². The van der Waals surface area contributed by atoms with E-state index in [-0.39, 0.29) is 0 Å². The minimum Gasteiger partial charge on any atom is -0.316 e. The van der Waals surface area contributed by atoms with Crippen molar-refractivity contribution in [1.82, 2.24) is 14.5 Å². The van der Waals surface area contributed by atoms with Gasteiger partial charge in [0, 0.05) is 41.5 Å². The van der Waals surface area contributed by atoms with Gasteiger partial charge in [-0.05, 0) is 42.0 Å². The number of hydrogen-bond donors (Lipinski definition) is 0. The molecule has 0 spiro atoms. The topological polar surface area (TPSA) is 43.1 Å². The minimum absolute atomic E-state index is 0.731. The van der Waals surface area contributed by atoms with Crippen LogP contribution in [-0.2, 0) is 13.0 Å². The zero-order chi connectivity index (χ0) is 18.5. The molecular formula is C21H17ClN4S. The summed E-state index contributed by atoms with van der Waals surface area (Å²) in [6, 6.07) is 17.7. The summed E-state index contributed by atoms with van der Waals surface area (Å²) in [5, 5.41) is 2.87. The summed E-state index contributed by atoms with van der Waals surface area (Å²) in [6.07, 6.45) is 6.18. The fraction of sp³-hybridized carbons (Fsp3) is 0.0952. The average Bonchev–Trinajstić information content (AvgIpc) is 3.11. The fourth-order valence-electron chi connectivity index (χ4n) is 2.79. The first-order valence-corrected chi connectivity index (χ1v) is 9.84. The van der Waals surface area contributed by atoms with Gasteiger partial charge >= 0.3 is 0 Å². The molecule has 0 aliphatic carbocycles. The molecule has 0 N–H and O–H groups in total. The Kier molecular flexibility index (Phi) is 5.42. The van der Waals surface area contributed by atoms with Crippen molar-refractivity contribution >= 4 is 28.6 Å². The van der Waals surface area contributed by atoms with Gasteiger partial charge in [-0.25, -0.2) is 4.99 Å². The molecule has 0 saturated heterocycles. The Labute approximate surface area is 166 Å². The van der Waals surface area contributed by atoms with Gasteiger partial charge in [0.25, 0.3) is 0 Å². The van der Waals surface area contributed by atoms with Crippen LogP contribution in [0.2, 0.25) is 5.02 Å². The van der Waals surface area contributed by atoms with Crippen LogP contribution in [0, 0.1) is 0 Å². The Morgan fingerprint density at radius 1 is 1.00 bits per heavy atom. The molecular weight excluding hydrogens is 376 g/mol. The van der Waals surface area contributed by atoms with Gasteiger partial charge in [0.05, 0.1) is 17.6 Å². The van der Waals surface area contributed by atoms with Crippen molar-refractivity contribution in [1.29, 1.82) is 0 Å². The minimum atomic E-state index is 0.731. The Bertz CT molecular complexity index is 1070. The van der Waals surface area contributed by atoms with Gasteiger partial charge in [-0.15, -0.1) is 11.3 Å². The lowest BCUT2D eigenvalue weighted by molar-refractivity contribution is 0.674. The number of halogens is 1. The average molecular weight is 393 g/mol. The maximum absolute atomic E-state index is 6.05. The second-order valence-corrected chi connectivity index (χ2v) is 7.23. The van der Waals surface area contributed by atoms with Gasteiger partial charge in [-0.2, -0.15) is 0 Å². The van der Waals surface area contributed by atoms with Crippen LogP contribution in [0.1, 0.15) is 5.69 Å². The predicted molar refractivity (Wildman–Crippen MR) is 110 cm³/mol. The van der Waals surface area contributed by atoms with E-state index in [2.05, 4.69) is 19.9 Å². The normalized spacial score (nSPS) is 11.7. The maximum atomic E-state index is 6.05. The summed E-state index contributed by atoms with van der Waals surface area (Å²) in [5.41, 5.74) is 4.14. The number of aryl methyl sites for hydroxylation is 1. The first-order chi connectivity index (χ1) is 13.3. The van der Waals surface area contributed by atoms with Crippen LogP contribution in [0.15, 0.2) is 83.6 Å². The standard InChI is InChI=1S/C21H17ClN4S/c22-17-8-6-16(7-9-17)20-15-27-21(25-19-5-3-11-23-14-19)26(20)13-10-18-4-1-2-12-24-18/h1-9,11-12,14-15H,10,13H2. The molecule has 3 heterocycles. The smallest absolute Gasteiger partial charge is 0.190 e. The molecule has 4 aromatic rings. The van der Waals surface area contributed by atoms with Crippen molar-refractivity contribution < 1.29 is 0 Å². The van der Waals surface area contributed by atoms with E-state index in [0.717, 1.165) is 45.4 Å². The van der Waals surface area contributed by atoms with Crippen LogP contribution in [0.5, 0.6) is 0 Å². The van der Waals surface area contributed by atoms with Crippen LogP contribution < -0.4 is 4.80 Å². The summed E-state index contributed by atoms with van der Waals surface area (Å²) in [4.78, 5) is 14.3. The van der Waals surface area contributed by atoms with E-state index >= 15 is 0 Å². The van der Waals surface area contributed by atoms with Crippen LogP contribution >= 0.6 is 22.9 Å². The lowest BCUT2D eigenvalue weighted by Crippen LogP contribution is -2.17. The summed E-state index contributed by atoms with van der Waals surface area (Å²) in [6.45, 7) is 0.789. The molecule has 0 aliphatic heterocycles. The van der Waals surface area contributed by atoms with Crippen molar-refractivity contribution in [2.75, 3.05) is 0 Å². The quantitative estimate of drug-likeness (QED) is 0.472. The van der Waals surface area contributed by atoms with E-state index in [1.807, 2.05) is 60.8 Å². The highest BCUT2D eigenvalue weighted by molar-refractivity contribution is 7.07. The van der Waals surface area contributed by atoms with E-state index in [9.17, 15) is 0 Å². The molecule has 4 nitrogen and oxygen atoms in total. The molecule has 0 unspecified atom stereocenters. The lowest BCUT2D eigenvalue weighted by Gasteiger charge is -2.09. The van der Waals surface area contributed by atoms with Crippen LogP contribution in [0.25, 0.3) is 11.3 Å². The highest BCUT2D eigenvalue weighted by Gasteiger charge is 2.09. The number of pyridine rings is 2. The highest BCUT2D eigenvalue weighted by Crippen LogP contribution is 2.23. The molecule has 6 heteroatoms. The largest absolute Gasteiger partial charge is 0.316 e. The fourth-order valence-corrected chi connectivity index (χ4v) is 3.87. The summed E-state index contributed by atoms with van der Waals surface area (Å²) < 4.78 is 2.23. The zero-order valence-corrected chi connectivity index (χ0v) is 16.1. The van der Waals surface area contributed by atoms with E-state index in [1.165, 1.54) is 0 Å². The van der Waals surface area contributed by atoms with Crippen LogP contribution in [0.4, 0.5) is 5.69 Å². The maximum Gasteiger partial charge on any atom is 0.190 e. The van der Waals surface area contributed by atoms with Gasteiger partial charge in [-0.3, -0.25) is 9.97 Å². The number of aromatic nitrogens is 3. The van der Waals surface area contributed by atoms with Gasteiger partial charge in [-0.1, -0.05) is 29.8 Å². The Hall–Kier alpha value is -2.76. The monoisotopic (exact) mass is 392 g/mol. The van der Waals surface area contributed by atoms with Crippen molar-refractivity contribution in [2.45, 2.75) is 13.0 Å². The number of rotatable bonds is 5. The molecule has 0 bridgehead atoms. The second-order valence-electron chi connectivity index (χ2n) is 5.96. The first kappa shape index (κ1) is 17.6. The second kappa shape index (κ2) is 8.29. The molecule has 0 saturated carbocycles. The predicted octanol–water partition coefficient (Wildman–Crippen LogP) is 5.14. The third kappa shape index (κ3) is 4.32. The highest BCUT2D eigenvalue weighted by atomic mass is 35.5. The third-order valence-electron chi connectivity index (χ3n) is 4.13.